The zero-order valence-corrected chi connectivity index (χ0v) is 8.20. The van der Waals surface area contributed by atoms with Crippen LogP contribution in [-0.2, 0) is 6.42 Å². The molecule has 0 saturated carbocycles. The molecule has 0 aromatic carbocycles. The Hall–Kier alpha value is -0.830. The Labute approximate surface area is 78.4 Å². The second-order valence-corrected chi connectivity index (χ2v) is 4.02. The topological polar surface area (TPSA) is 38.0 Å². The minimum absolute atomic E-state index is 0.330. The van der Waals surface area contributed by atoms with Crippen molar-refractivity contribution < 1.29 is 5.11 Å². The number of aliphatic hydroxyl groups excluding tert-OH is 1. The van der Waals surface area contributed by atoms with E-state index in [2.05, 4.69) is 25.1 Å². The number of rotatable bonds is 1. The van der Waals surface area contributed by atoms with Crippen molar-refractivity contribution in [1.82, 2.24) is 9.78 Å². The Balaban J connectivity index is 2.36. The molecule has 0 amide bonds. The average molecular weight is 180 g/mol. The van der Waals surface area contributed by atoms with E-state index in [1.165, 1.54) is 5.56 Å². The Bertz CT molecular complexity index is 304. The van der Waals surface area contributed by atoms with Gasteiger partial charge in [0, 0.05) is 12.2 Å². The molecule has 2 rings (SSSR count). The molecule has 0 saturated heterocycles. The van der Waals surface area contributed by atoms with Gasteiger partial charge in [-0.3, -0.25) is 4.68 Å². The van der Waals surface area contributed by atoms with Crippen LogP contribution < -0.4 is 0 Å². The smallest absolute Gasteiger partial charge is 0.0981 e. The molecular weight excluding hydrogens is 164 g/mol. The largest absolute Gasteiger partial charge is 0.387 e. The van der Waals surface area contributed by atoms with E-state index in [9.17, 15) is 5.11 Å². The number of aromatic nitrogens is 2. The molecule has 1 heterocycles. The maximum atomic E-state index is 9.68. The molecule has 1 N–H and O–H groups in total. The number of nitrogens with zero attached hydrogens (tertiary/aromatic N) is 2. The quantitative estimate of drug-likeness (QED) is 0.716. The third-order valence-electron chi connectivity index (χ3n) is 2.61. The molecule has 3 heteroatoms. The normalized spacial score (nSPS) is 22.0. The summed E-state index contributed by atoms with van der Waals surface area (Å²) in [6, 6.07) is 0.387. The van der Waals surface area contributed by atoms with Crippen LogP contribution in [-0.4, -0.2) is 14.9 Å². The van der Waals surface area contributed by atoms with E-state index in [1.54, 1.807) is 0 Å². The van der Waals surface area contributed by atoms with Gasteiger partial charge in [-0.1, -0.05) is 0 Å². The van der Waals surface area contributed by atoms with Gasteiger partial charge in [0.1, 0.15) is 0 Å². The fourth-order valence-electron chi connectivity index (χ4n) is 1.80. The van der Waals surface area contributed by atoms with Gasteiger partial charge in [0.05, 0.1) is 11.8 Å². The van der Waals surface area contributed by atoms with Crippen LogP contribution in [0.3, 0.4) is 0 Å². The van der Waals surface area contributed by atoms with E-state index in [0.717, 1.165) is 25.0 Å². The van der Waals surface area contributed by atoms with Gasteiger partial charge < -0.3 is 5.11 Å². The predicted octanol–water partition coefficient (Wildman–Crippen LogP) is 1.83. The molecule has 0 bridgehead atoms. The number of hydrogen-bond acceptors (Lipinski definition) is 2. The van der Waals surface area contributed by atoms with Crippen LogP contribution in [0.1, 0.15) is 50.1 Å². The van der Waals surface area contributed by atoms with Crippen LogP contribution in [0.2, 0.25) is 0 Å². The van der Waals surface area contributed by atoms with E-state index in [1.807, 2.05) is 4.68 Å². The standard InChI is InChI=1S/C10H16N2O/c1-7(2)12-6-8-4-3-5-9(13)10(8)11-12/h6-7,9,13H,3-5H2,1-2H3. The molecule has 1 unspecified atom stereocenters. The van der Waals surface area contributed by atoms with Crippen molar-refractivity contribution in [3.63, 3.8) is 0 Å². The van der Waals surface area contributed by atoms with Crippen LogP contribution >= 0.6 is 0 Å². The van der Waals surface area contributed by atoms with E-state index in [0.29, 0.717) is 6.04 Å². The molecule has 72 valence electrons. The lowest BCUT2D eigenvalue weighted by molar-refractivity contribution is 0.151. The molecule has 1 aliphatic carbocycles. The average Bonchev–Trinajstić information content (AvgIpc) is 2.49. The molecule has 1 aromatic heterocycles. The van der Waals surface area contributed by atoms with Gasteiger partial charge in [0.15, 0.2) is 0 Å². The predicted molar refractivity (Wildman–Crippen MR) is 50.5 cm³/mol. The highest BCUT2D eigenvalue weighted by Crippen LogP contribution is 2.28. The van der Waals surface area contributed by atoms with E-state index in [4.69, 9.17) is 0 Å². The first kappa shape index (κ1) is 8.75. The second kappa shape index (κ2) is 3.14. The first-order valence-corrected chi connectivity index (χ1v) is 4.94. The Morgan fingerprint density at radius 3 is 3.00 bits per heavy atom. The van der Waals surface area contributed by atoms with Crippen LogP contribution in [0.25, 0.3) is 0 Å². The summed E-state index contributed by atoms with van der Waals surface area (Å²) < 4.78 is 1.94. The van der Waals surface area contributed by atoms with E-state index >= 15 is 0 Å². The number of hydrogen-bond donors (Lipinski definition) is 1. The molecule has 1 atom stereocenters. The van der Waals surface area contributed by atoms with Crippen LogP contribution in [0.15, 0.2) is 6.20 Å². The van der Waals surface area contributed by atoms with Crippen molar-refractivity contribution >= 4 is 0 Å². The summed E-state index contributed by atoms with van der Waals surface area (Å²) in [5.41, 5.74) is 2.13. The summed E-state index contributed by atoms with van der Waals surface area (Å²) in [6.07, 6.45) is 4.76. The maximum Gasteiger partial charge on any atom is 0.0981 e. The molecule has 0 fully saturated rings. The number of aliphatic hydroxyl groups is 1. The van der Waals surface area contributed by atoms with Crippen molar-refractivity contribution in [3.8, 4) is 0 Å². The van der Waals surface area contributed by atoms with Crippen molar-refractivity contribution in [2.75, 3.05) is 0 Å². The van der Waals surface area contributed by atoms with Crippen LogP contribution in [0.4, 0.5) is 0 Å². The summed E-state index contributed by atoms with van der Waals surface area (Å²) in [5, 5.41) is 14.1. The van der Waals surface area contributed by atoms with Crippen molar-refractivity contribution in [2.45, 2.75) is 45.3 Å². The number of fused-ring (bicyclic) bond motifs is 1. The lowest BCUT2D eigenvalue weighted by Gasteiger charge is -2.14. The maximum absolute atomic E-state index is 9.68. The molecule has 0 aliphatic heterocycles. The van der Waals surface area contributed by atoms with Gasteiger partial charge in [-0.25, -0.2) is 0 Å². The van der Waals surface area contributed by atoms with Crippen molar-refractivity contribution in [1.29, 1.82) is 0 Å². The van der Waals surface area contributed by atoms with Gasteiger partial charge in [-0.2, -0.15) is 5.10 Å². The molecule has 3 nitrogen and oxygen atoms in total. The van der Waals surface area contributed by atoms with Crippen molar-refractivity contribution in [3.05, 3.63) is 17.5 Å². The molecule has 0 spiro atoms. The lowest BCUT2D eigenvalue weighted by atomic mass is 9.96. The first-order chi connectivity index (χ1) is 6.18. The Morgan fingerprint density at radius 1 is 1.62 bits per heavy atom. The summed E-state index contributed by atoms with van der Waals surface area (Å²) in [7, 11) is 0. The Kier molecular flexibility index (Phi) is 2.12. The fraction of sp³-hybridized carbons (Fsp3) is 0.700. The number of aryl methyl sites for hydroxylation is 1. The molecule has 0 radical (unpaired) electrons. The fourth-order valence-corrected chi connectivity index (χ4v) is 1.80. The highest BCUT2D eigenvalue weighted by molar-refractivity contribution is 5.22. The minimum atomic E-state index is -0.330. The third kappa shape index (κ3) is 1.48. The molecule has 13 heavy (non-hydrogen) atoms. The second-order valence-electron chi connectivity index (χ2n) is 4.02. The molecule has 1 aliphatic rings. The van der Waals surface area contributed by atoms with Gasteiger partial charge in [-0.05, 0) is 38.7 Å². The minimum Gasteiger partial charge on any atom is -0.387 e. The monoisotopic (exact) mass is 180 g/mol. The summed E-state index contributed by atoms with van der Waals surface area (Å²) in [4.78, 5) is 0. The van der Waals surface area contributed by atoms with E-state index in [-0.39, 0.29) is 6.10 Å². The highest BCUT2D eigenvalue weighted by atomic mass is 16.3. The van der Waals surface area contributed by atoms with Gasteiger partial charge in [-0.15, -0.1) is 0 Å². The SMILES string of the molecule is CC(C)n1cc2c(n1)C(O)CCC2. The lowest BCUT2D eigenvalue weighted by Crippen LogP contribution is -2.08. The van der Waals surface area contributed by atoms with Gasteiger partial charge >= 0.3 is 0 Å². The Morgan fingerprint density at radius 2 is 2.38 bits per heavy atom. The van der Waals surface area contributed by atoms with Gasteiger partial charge in [0.25, 0.3) is 0 Å². The summed E-state index contributed by atoms with van der Waals surface area (Å²) in [6.45, 7) is 4.20. The van der Waals surface area contributed by atoms with Gasteiger partial charge in [0.2, 0.25) is 0 Å². The summed E-state index contributed by atoms with van der Waals surface area (Å²) in [5.74, 6) is 0. The van der Waals surface area contributed by atoms with Crippen molar-refractivity contribution in [2.24, 2.45) is 0 Å². The van der Waals surface area contributed by atoms with Crippen LogP contribution in [0.5, 0.6) is 0 Å². The van der Waals surface area contributed by atoms with E-state index < -0.39 is 0 Å². The first-order valence-electron chi connectivity index (χ1n) is 4.94. The van der Waals surface area contributed by atoms with Crippen LogP contribution in [0, 0.1) is 0 Å². The zero-order valence-electron chi connectivity index (χ0n) is 8.20. The highest BCUT2D eigenvalue weighted by Gasteiger charge is 2.21. The third-order valence-corrected chi connectivity index (χ3v) is 2.61. The molecular formula is C10H16N2O. The zero-order chi connectivity index (χ0) is 9.42. The summed E-state index contributed by atoms with van der Waals surface area (Å²) >= 11 is 0. The molecule has 1 aromatic rings.